The van der Waals surface area contributed by atoms with Gasteiger partial charge in [-0.05, 0) is 44.2 Å². The monoisotopic (exact) mass is 451 g/mol. The number of hydrogen-bond acceptors (Lipinski definition) is 6. The fourth-order valence-corrected chi connectivity index (χ4v) is 4.34. The number of nitrogens with zero attached hydrogens (tertiary/aromatic N) is 4. The van der Waals surface area contributed by atoms with E-state index in [1.54, 1.807) is 62.5 Å². The van der Waals surface area contributed by atoms with E-state index in [2.05, 4.69) is 30.3 Å². The number of nitrogens with one attached hydrogen (secondary N) is 3. The van der Waals surface area contributed by atoms with Crippen molar-refractivity contribution in [3.8, 4) is 17.1 Å². The Kier molecular flexibility index (Phi) is 5.84. The first-order valence-electron chi connectivity index (χ1n) is 9.79. The van der Waals surface area contributed by atoms with E-state index in [4.69, 9.17) is 0 Å². The van der Waals surface area contributed by atoms with Gasteiger partial charge in [-0.15, -0.1) is 0 Å². The average Bonchev–Trinajstić information content (AvgIpc) is 3.44. The minimum Gasteiger partial charge on any atom is -0.317 e. The van der Waals surface area contributed by atoms with Crippen LogP contribution in [0.4, 0.5) is 5.69 Å². The molecule has 11 heteroatoms. The number of para-hydroxylation sites is 1. The summed E-state index contributed by atoms with van der Waals surface area (Å²) >= 11 is 0. The normalized spacial score (nSPS) is 11.6. The van der Waals surface area contributed by atoms with Crippen LogP contribution >= 0.6 is 0 Å². The molecule has 3 aromatic heterocycles. The predicted molar refractivity (Wildman–Crippen MR) is 119 cm³/mol. The van der Waals surface area contributed by atoms with Gasteiger partial charge in [0.2, 0.25) is 5.03 Å². The summed E-state index contributed by atoms with van der Waals surface area (Å²) in [7, 11) is -3.98. The highest BCUT2D eigenvalue weighted by Crippen LogP contribution is 2.23. The molecule has 1 aromatic carbocycles. The fourth-order valence-electron chi connectivity index (χ4n) is 3.02. The SMILES string of the molecule is CC(C)NS(=O)(=O)c1nn(-c2ccccc2)cc1NC(=O)c1cccc(-c2ccn[nH]2)n1. The smallest absolute Gasteiger partial charge is 0.274 e. The number of carbonyl (C=O) groups excluding carboxylic acids is 1. The number of sulfonamides is 1. The van der Waals surface area contributed by atoms with E-state index >= 15 is 0 Å². The molecule has 32 heavy (non-hydrogen) atoms. The Morgan fingerprint density at radius 2 is 1.84 bits per heavy atom. The molecule has 3 heterocycles. The average molecular weight is 452 g/mol. The number of rotatable bonds is 7. The summed E-state index contributed by atoms with van der Waals surface area (Å²) in [6, 6.07) is 15.4. The number of carbonyl (C=O) groups is 1. The molecule has 3 N–H and O–H groups in total. The molecule has 4 aromatic rings. The van der Waals surface area contributed by atoms with E-state index in [-0.39, 0.29) is 22.4 Å². The number of H-pyrrole nitrogens is 1. The van der Waals surface area contributed by atoms with Crippen molar-refractivity contribution in [2.75, 3.05) is 5.32 Å². The van der Waals surface area contributed by atoms with E-state index < -0.39 is 15.9 Å². The van der Waals surface area contributed by atoms with Gasteiger partial charge in [-0.25, -0.2) is 22.8 Å². The molecule has 0 aliphatic heterocycles. The van der Waals surface area contributed by atoms with Crippen molar-refractivity contribution in [2.24, 2.45) is 0 Å². The van der Waals surface area contributed by atoms with Crippen molar-refractivity contribution in [3.05, 3.63) is 72.7 Å². The minimum absolute atomic E-state index is 0.0424. The zero-order valence-corrected chi connectivity index (χ0v) is 18.2. The lowest BCUT2D eigenvalue weighted by Crippen LogP contribution is -2.31. The lowest BCUT2D eigenvalue weighted by atomic mass is 10.2. The van der Waals surface area contributed by atoms with Gasteiger partial charge < -0.3 is 5.32 Å². The Bertz CT molecular complexity index is 1330. The van der Waals surface area contributed by atoms with Gasteiger partial charge in [0.25, 0.3) is 15.9 Å². The van der Waals surface area contributed by atoms with Crippen molar-refractivity contribution in [2.45, 2.75) is 24.9 Å². The van der Waals surface area contributed by atoms with E-state index in [0.717, 1.165) is 0 Å². The first-order valence-corrected chi connectivity index (χ1v) is 11.3. The number of benzene rings is 1. The van der Waals surface area contributed by atoms with E-state index in [9.17, 15) is 13.2 Å². The van der Waals surface area contributed by atoms with Gasteiger partial charge in [0.1, 0.15) is 11.4 Å². The molecular weight excluding hydrogens is 430 g/mol. The largest absolute Gasteiger partial charge is 0.317 e. The third kappa shape index (κ3) is 4.58. The zero-order chi connectivity index (χ0) is 22.7. The quantitative estimate of drug-likeness (QED) is 0.395. The van der Waals surface area contributed by atoms with Crippen LogP contribution in [0.25, 0.3) is 17.1 Å². The lowest BCUT2D eigenvalue weighted by molar-refractivity contribution is 0.102. The molecule has 0 fully saturated rings. The van der Waals surface area contributed by atoms with E-state index in [0.29, 0.717) is 17.1 Å². The van der Waals surface area contributed by atoms with E-state index in [1.807, 2.05) is 6.07 Å². The molecule has 0 saturated carbocycles. The van der Waals surface area contributed by atoms with Crippen LogP contribution < -0.4 is 10.0 Å². The van der Waals surface area contributed by atoms with Crippen LogP contribution in [0.15, 0.2) is 72.0 Å². The Morgan fingerprint density at radius 3 is 2.53 bits per heavy atom. The van der Waals surface area contributed by atoms with Crippen LogP contribution in [0.3, 0.4) is 0 Å². The standard InChI is InChI=1S/C21H21N7O3S/c1-14(2)27-32(30,31)21-19(13-28(26-21)15-7-4-3-5-8-15)24-20(29)18-10-6-9-16(23-18)17-11-12-22-25-17/h3-14,27H,1-2H3,(H,22,25)(H,24,29). The van der Waals surface area contributed by atoms with Gasteiger partial charge in [0.05, 0.1) is 23.3 Å². The molecule has 4 rings (SSSR count). The van der Waals surface area contributed by atoms with Gasteiger partial charge in [-0.1, -0.05) is 24.3 Å². The third-order valence-corrected chi connectivity index (χ3v) is 5.95. The number of anilines is 1. The second kappa shape index (κ2) is 8.73. The summed E-state index contributed by atoms with van der Waals surface area (Å²) in [4.78, 5) is 17.3. The first-order chi connectivity index (χ1) is 15.3. The lowest BCUT2D eigenvalue weighted by Gasteiger charge is -2.09. The van der Waals surface area contributed by atoms with E-state index in [1.165, 1.54) is 16.9 Å². The maximum absolute atomic E-state index is 12.9. The van der Waals surface area contributed by atoms with Crippen molar-refractivity contribution >= 4 is 21.6 Å². The molecule has 0 atom stereocenters. The zero-order valence-electron chi connectivity index (χ0n) is 17.4. The molecule has 10 nitrogen and oxygen atoms in total. The summed E-state index contributed by atoms with van der Waals surface area (Å²) in [5.41, 5.74) is 1.99. The number of amides is 1. The Hall–Kier alpha value is -3.83. The number of aromatic nitrogens is 5. The van der Waals surface area contributed by atoms with Gasteiger partial charge in [-0.2, -0.15) is 10.2 Å². The Labute approximate surface area is 184 Å². The van der Waals surface area contributed by atoms with Crippen LogP contribution in [-0.2, 0) is 10.0 Å². The molecule has 164 valence electrons. The molecule has 0 spiro atoms. The Balaban J connectivity index is 1.70. The second-order valence-electron chi connectivity index (χ2n) is 7.24. The van der Waals surface area contributed by atoms with Gasteiger partial charge >= 0.3 is 0 Å². The van der Waals surface area contributed by atoms with Crippen LogP contribution in [0.1, 0.15) is 24.3 Å². The summed E-state index contributed by atoms with van der Waals surface area (Å²) in [5, 5.41) is 13.3. The topological polar surface area (TPSA) is 135 Å². The summed E-state index contributed by atoms with van der Waals surface area (Å²) < 4.78 is 29.6. The summed E-state index contributed by atoms with van der Waals surface area (Å²) in [5.74, 6) is -0.569. The van der Waals surface area contributed by atoms with Crippen LogP contribution in [0.2, 0.25) is 0 Å². The van der Waals surface area contributed by atoms with Crippen LogP contribution in [0, 0.1) is 0 Å². The van der Waals surface area contributed by atoms with Crippen molar-refractivity contribution in [3.63, 3.8) is 0 Å². The minimum atomic E-state index is -3.98. The fraction of sp³-hybridized carbons (Fsp3) is 0.143. The molecule has 0 unspecified atom stereocenters. The molecular formula is C21H21N7O3S. The summed E-state index contributed by atoms with van der Waals surface area (Å²) in [6.45, 7) is 3.41. The van der Waals surface area contributed by atoms with Crippen molar-refractivity contribution < 1.29 is 13.2 Å². The first kappa shape index (κ1) is 21.4. The van der Waals surface area contributed by atoms with Crippen LogP contribution in [0.5, 0.6) is 0 Å². The molecule has 0 aliphatic rings. The maximum atomic E-state index is 12.9. The number of pyridine rings is 1. The number of aromatic amines is 1. The van der Waals surface area contributed by atoms with Gasteiger partial charge in [-0.3, -0.25) is 9.89 Å². The molecule has 1 amide bonds. The second-order valence-corrected chi connectivity index (χ2v) is 8.87. The maximum Gasteiger partial charge on any atom is 0.274 e. The number of hydrogen-bond donors (Lipinski definition) is 3. The molecule has 0 saturated heterocycles. The van der Waals surface area contributed by atoms with Gasteiger partial charge in [0, 0.05) is 12.2 Å². The highest BCUT2D eigenvalue weighted by molar-refractivity contribution is 7.89. The highest BCUT2D eigenvalue weighted by atomic mass is 32.2. The summed E-state index contributed by atoms with van der Waals surface area (Å²) in [6.07, 6.45) is 3.04. The predicted octanol–water partition coefficient (Wildman–Crippen LogP) is 2.60. The van der Waals surface area contributed by atoms with Crippen molar-refractivity contribution in [1.29, 1.82) is 0 Å². The highest BCUT2D eigenvalue weighted by Gasteiger charge is 2.26. The third-order valence-electron chi connectivity index (χ3n) is 4.35. The van der Waals surface area contributed by atoms with Crippen molar-refractivity contribution in [1.82, 2.24) is 29.7 Å². The Morgan fingerprint density at radius 1 is 1.06 bits per heavy atom. The van der Waals surface area contributed by atoms with Crippen LogP contribution in [-0.4, -0.2) is 45.3 Å². The van der Waals surface area contributed by atoms with Gasteiger partial charge in [0.15, 0.2) is 0 Å². The molecule has 0 bridgehead atoms. The molecule has 0 radical (unpaired) electrons. The molecule has 0 aliphatic carbocycles.